The molecule has 0 aromatic heterocycles. The summed E-state index contributed by atoms with van der Waals surface area (Å²) in [6, 6.07) is 4.47. The minimum absolute atomic E-state index is 0.0414. The predicted molar refractivity (Wildman–Crippen MR) is 77.5 cm³/mol. The van der Waals surface area contributed by atoms with Crippen LogP contribution in [0.4, 0.5) is 10.1 Å². The summed E-state index contributed by atoms with van der Waals surface area (Å²) in [6.07, 6.45) is 0.627. The lowest BCUT2D eigenvalue weighted by molar-refractivity contribution is 0.594. The summed E-state index contributed by atoms with van der Waals surface area (Å²) in [7, 11) is -2.90. The van der Waals surface area contributed by atoms with Gasteiger partial charge in [-0.15, -0.1) is 0 Å². The summed E-state index contributed by atoms with van der Waals surface area (Å²) in [5.74, 6) is 0.000225. The maximum Gasteiger partial charge on any atom is 0.150 e. The summed E-state index contributed by atoms with van der Waals surface area (Å²) in [4.78, 5) is 0.146. The third-order valence-electron chi connectivity index (χ3n) is 3.16. The van der Waals surface area contributed by atoms with Crippen molar-refractivity contribution >= 4 is 32.7 Å². The van der Waals surface area contributed by atoms with Crippen molar-refractivity contribution in [1.82, 2.24) is 0 Å². The molecule has 19 heavy (non-hydrogen) atoms. The van der Waals surface area contributed by atoms with Gasteiger partial charge < -0.3 is 11.1 Å². The quantitative estimate of drug-likeness (QED) is 0.821. The van der Waals surface area contributed by atoms with E-state index in [0.717, 1.165) is 0 Å². The Balaban J connectivity index is 1.99. The summed E-state index contributed by atoms with van der Waals surface area (Å²) in [6.45, 7) is 0.447. The molecule has 7 heteroatoms. The highest BCUT2D eigenvalue weighted by Crippen LogP contribution is 2.21. The number of hydrogen-bond acceptors (Lipinski definition) is 4. The van der Waals surface area contributed by atoms with Crippen LogP contribution in [0.25, 0.3) is 0 Å². The Morgan fingerprint density at radius 2 is 2.26 bits per heavy atom. The van der Waals surface area contributed by atoms with E-state index in [1.165, 1.54) is 6.07 Å². The second-order valence-corrected chi connectivity index (χ2v) is 7.38. The number of hydrogen-bond donors (Lipinski definition) is 2. The lowest BCUT2D eigenvalue weighted by atomic mass is 10.1. The monoisotopic (exact) mass is 302 g/mol. The summed E-state index contributed by atoms with van der Waals surface area (Å²) in [5, 5.41) is 2.94. The van der Waals surface area contributed by atoms with Gasteiger partial charge in [-0.25, -0.2) is 12.8 Å². The molecule has 1 heterocycles. The summed E-state index contributed by atoms with van der Waals surface area (Å²) >= 11 is 4.77. The van der Waals surface area contributed by atoms with E-state index in [2.05, 4.69) is 5.32 Å². The SMILES string of the molecule is NC(=S)c1ccc(NCC2CCS(=O)(=O)C2)c(F)c1. The van der Waals surface area contributed by atoms with Gasteiger partial charge in [0, 0.05) is 12.1 Å². The molecule has 1 aliphatic heterocycles. The number of rotatable bonds is 4. The van der Waals surface area contributed by atoms with E-state index in [9.17, 15) is 12.8 Å². The molecule has 104 valence electrons. The minimum atomic E-state index is -2.90. The van der Waals surface area contributed by atoms with E-state index < -0.39 is 15.7 Å². The number of thiocarbonyl (C=S) groups is 1. The van der Waals surface area contributed by atoms with Crippen molar-refractivity contribution in [2.24, 2.45) is 11.7 Å². The van der Waals surface area contributed by atoms with Gasteiger partial charge in [-0.3, -0.25) is 0 Å². The van der Waals surface area contributed by atoms with Gasteiger partial charge in [-0.05, 0) is 30.5 Å². The molecule has 1 aliphatic rings. The normalized spacial score (nSPS) is 21.2. The smallest absolute Gasteiger partial charge is 0.150 e. The third-order valence-corrected chi connectivity index (χ3v) is 5.23. The molecular weight excluding hydrogens is 287 g/mol. The lowest BCUT2D eigenvalue weighted by Crippen LogP contribution is -2.16. The fourth-order valence-corrected chi connectivity index (χ4v) is 4.09. The van der Waals surface area contributed by atoms with Crippen molar-refractivity contribution in [3.8, 4) is 0 Å². The Morgan fingerprint density at radius 1 is 1.53 bits per heavy atom. The van der Waals surface area contributed by atoms with Crippen LogP contribution in [0.1, 0.15) is 12.0 Å². The molecular formula is C12H15FN2O2S2. The van der Waals surface area contributed by atoms with Gasteiger partial charge in [0.25, 0.3) is 0 Å². The zero-order chi connectivity index (χ0) is 14.0. The first-order chi connectivity index (χ1) is 8.87. The van der Waals surface area contributed by atoms with Gasteiger partial charge >= 0.3 is 0 Å². The molecule has 1 aromatic carbocycles. The van der Waals surface area contributed by atoms with E-state index in [-0.39, 0.29) is 22.4 Å². The molecule has 0 bridgehead atoms. The Bertz CT molecular complexity index is 602. The van der Waals surface area contributed by atoms with Crippen LogP contribution in [-0.2, 0) is 9.84 Å². The van der Waals surface area contributed by atoms with E-state index >= 15 is 0 Å². The van der Waals surface area contributed by atoms with Gasteiger partial charge in [-0.1, -0.05) is 12.2 Å². The summed E-state index contributed by atoms with van der Waals surface area (Å²) < 4.78 is 36.4. The average molecular weight is 302 g/mol. The second kappa shape index (κ2) is 5.42. The second-order valence-electron chi connectivity index (χ2n) is 4.71. The van der Waals surface area contributed by atoms with Crippen molar-refractivity contribution < 1.29 is 12.8 Å². The molecule has 0 saturated carbocycles. The zero-order valence-electron chi connectivity index (χ0n) is 10.2. The molecule has 1 unspecified atom stereocenters. The topological polar surface area (TPSA) is 72.2 Å². The van der Waals surface area contributed by atoms with Crippen molar-refractivity contribution in [1.29, 1.82) is 0 Å². The molecule has 0 radical (unpaired) electrons. The number of sulfone groups is 1. The van der Waals surface area contributed by atoms with Crippen LogP contribution in [0.3, 0.4) is 0 Å². The zero-order valence-corrected chi connectivity index (χ0v) is 11.9. The minimum Gasteiger partial charge on any atom is -0.389 e. The molecule has 0 amide bonds. The Morgan fingerprint density at radius 3 is 2.79 bits per heavy atom. The first-order valence-electron chi connectivity index (χ1n) is 5.91. The van der Waals surface area contributed by atoms with Crippen LogP contribution in [0.2, 0.25) is 0 Å². The van der Waals surface area contributed by atoms with Gasteiger partial charge in [0.05, 0.1) is 17.2 Å². The molecule has 3 N–H and O–H groups in total. The van der Waals surface area contributed by atoms with Crippen molar-refractivity contribution in [2.45, 2.75) is 6.42 Å². The Hall–Kier alpha value is -1.21. The fourth-order valence-electron chi connectivity index (χ4n) is 2.10. The Kier molecular flexibility index (Phi) is 4.05. The van der Waals surface area contributed by atoms with Crippen molar-refractivity contribution in [2.75, 3.05) is 23.4 Å². The van der Waals surface area contributed by atoms with Gasteiger partial charge in [0.15, 0.2) is 9.84 Å². The molecule has 2 rings (SSSR count). The van der Waals surface area contributed by atoms with Crippen LogP contribution in [-0.4, -0.2) is 31.5 Å². The first kappa shape index (κ1) is 14.2. The summed E-state index contributed by atoms with van der Waals surface area (Å²) in [5.41, 5.74) is 6.22. The van der Waals surface area contributed by atoms with Crippen molar-refractivity contribution in [3.05, 3.63) is 29.6 Å². The lowest BCUT2D eigenvalue weighted by Gasteiger charge is -2.12. The molecule has 0 spiro atoms. The highest BCUT2D eigenvalue weighted by atomic mass is 32.2. The van der Waals surface area contributed by atoms with Crippen LogP contribution in [0.5, 0.6) is 0 Å². The maximum atomic E-state index is 13.7. The van der Waals surface area contributed by atoms with Gasteiger partial charge in [-0.2, -0.15) is 0 Å². The number of anilines is 1. The van der Waals surface area contributed by atoms with Crippen LogP contribution >= 0.6 is 12.2 Å². The predicted octanol–water partition coefficient (Wildman–Crippen LogP) is 1.31. The first-order valence-corrected chi connectivity index (χ1v) is 8.14. The fraction of sp³-hybridized carbons (Fsp3) is 0.417. The van der Waals surface area contributed by atoms with Gasteiger partial charge in [0.1, 0.15) is 10.8 Å². The maximum absolute atomic E-state index is 13.7. The number of nitrogens with one attached hydrogen (secondary N) is 1. The average Bonchev–Trinajstić information content (AvgIpc) is 2.67. The highest BCUT2D eigenvalue weighted by Gasteiger charge is 2.27. The van der Waals surface area contributed by atoms with E-state index in [4.69, 9.17) is 18.0 Å². The number of benzene rings is 1. The van der Waals surface area contributed by atoms with Crippen LogP contribution in [0.15, 0.2) is 18.2 Å². The van der Waals surface area contributed by atoms with Crippen LogP contribution in [0, 0.1) is 11.7 Å². The highest BCUT2D eigenvalue weighted by molar-refractivity contribution is 7.91. The number of halogens is 1. The van der Waals surface area contributed by atoms with E-state index in [0.29, 0.717) is 24.2 Å². The molecule has 1 aromatic rings. The van der Waals surface area contributed by atoms with Crippen molar-refractivity contribution in [3.63, 3.8) is 0 Å². The molecule has 1 saturated heterocycles. The largest absolute Gasteiger partial charge is 0.389 e. The van der Waals surface area contributed by atoms with Gasteiger partial charge in [0.2, 0.25) is 0 Å². The number of nitrogens with two attached hydrogens (primary N) is 1. The van der Waals surface area contributed by atoms with E-state index in [1.54, 1.807) is 12.1 Å². The Labute approximate surface area is 117 Å². The van der Waals surface area contributed by atoms with E-state index in [1.807, 2.05) is 0 Å². The van der Waals surface area contributed by atoms with Crippen LogP contribution < -0.4 is 11.1 Å². The molecule has 4 nitrogen and oxygen atoms in total. The molecule has 1 fully saturated rings. The molecule has 0 aliphatic carbocycles. The third kappa shape index (κ3) is 3.63. The standard InChI is InChI=1S/C12H15FN2O2S2/c13-10-5-9(12(14)18)1-2-11(10)15-6-8-3-4-19(16,17)7-8/h1-2,5,8,15H,3-4,6-7H2,(H2,14,18). The molecule has 1 atom stereocenters.